The van der Waals surface area contributed by atoms with Gasteiger partial charge in [0.1, 0.15) is 5.82 Å². The van der Waals surface area contributed by atoms with Crippen molar-refractivity contribution in [2.24, 2.45) is 13.0 Å². The predicted octanol–water partition coefficient (Wildman–Crippen LogP) is 3.09. The van der Waals surface area contributed by atoms with E-state index in [2.05, 4.69) is 5.32 Å². The van der Waals surface area contributed by atoms with Gasteiger partial charge in [0.2, 0.25) is 5.91 Å². The third kappa shape index (κ3) is 3.22. The third-order valence-corrected chi connectivity index (χ3v) is 3.96. The van der Waals surface area contributed by atoms with Crippen LogP contribution in [0.3, 0.4) is 0 Å². The van der Waals surface area contributed by atoms with Gasteiger partial charge in [-0.25, -0.2) is 9.18 Å². The molecule has 0 saturated carbocycles. The topological polar surface area (TPSA) is 64.2 Å². The summed E-state index contributed by atoms with van der Waals surface area (Å²) in [4.78, 5) is 23.8. The number of hydrogen-bond donors (Lipinski definition) is 1. The second kappa shape index (κ2) is 6.31. The molecule has 0 aliphatic rings. The zero-order chi connectivity index (χ0) is 17.3. The summed E-state index contributed by atoms with van der Waals surface area (Å²) in [5.41, 5.74) is 2.54. The fraction of sp³-hybridized carbons (Fsp3) is 0.222. The Morgan fingerprint density at radius 1 is 1.25 bits per heavy atom. The Morgan fingerprint density at radius 2 is 1.96 bits per heavy atom. The van der Waals surface area contributed by atoms with E-state index in [9.17, 15) is 14.0 Å². The van der Waals surface area contributed by atoms with E-state index in [0.29, 0.717) is 23.2 Å². The number of carbonyl (C=O) groups excluding carboxylic acids is 1. The molecule has 0 saturated heterocycles. The van der Waals surface area contributed by atoms with E-state index < -0.39 is 5.76 Å². The molecule has 6 heteroatoms. The zero-order valence-corrected chi connectivity index (χ0v) is 13.4. The van der Waals surface area contributed by atoms with Crippen molar-refractivity contribution in [1.82, 2.24) is 4.57 Å². The van der Waals surface area contributed by atoms with Crippen LogP contribution in [-0.4, -0.2) is 10.5 Å². The van der Waals surface area contributed by atoms with Crippen LogP contribution in [0.2, 0.25) is 0 Å². The number of fused-ring (bicyclic) bond motifs is 1. The summed E-state index contributed by atoms with van der Waals surface area (Å²) in [7, 11) is 1.62. The quantitative estimate of drug-likeness (QED) is 0.800. The summed E-state index contributed by atoms with van der Waals surface area (Å²) in [6, 6.07) is 11.2. The highest BCUT2D eigenvalue weighted by atomic mass is 19.1. The van der Waals surface area contributed by atoms with Crippen LogP contribution in [0, 0.1) is 11.7 Å². The maximum absolute atomic E-state index is 12.9. The molecule has 1 atom stereocenters. The average Bonchev–Trinajstić information content (AvgIpc) is 2.83. The Labute approximate surface area is 137 Å². The largest absolute Gasteiger partial charge is 0.419 e. The minimum atomic E-state index is -0.446. The molecule has 0 radical (unpaired) electrons. The number of amides is 1. The first-order chi connectivity index (χ1) is 11.4. The van der Waals surface area contributed by atoms with Crippen LogP contribution in [0.1, 0.15) is 12.5 Å². The molecular weight excluding hydrogens is 311 g/mol. The smallest absolute Gasteiger partial charge is 0.408 e. The van der Waals surface area contributed by atoms with E-state index >= 15 is 0 Å². The van der Waals surface area contributed by atoms with Gasteiger partial charge in [-0.15, -0.1) is 0 Å². The first-order valence-electron chi connectivity index (χ1n) is 7.59. The average molecular weight is 328 g/mol. The van der Waals surface area contributed by atoms with Crippen molar-refractivity contribution in [3.05, 3.63) is 64.4 Å². The van der Waals surface area contributed by atoms with Crippen molar-refractivity contribution >= 4 is 22.7 Å². The first-order valence-corrected chi connectivity index (χ1v) is 7.59. The number of carbonyl (C=O) groups is 1. The molecule has 1 aromatic heterocycles. The van der Waals surface area contributed by atoms with E-state index in [1.54, 1.807) is 44.3 Å². The molecule has 0 bridgehead atoms. The predicted molar refractivity (Wildman–Crippen MR) is 89.4 cm³/mol. The van der Waals surface area contributed by atoms with Crippen LogP contribution in [0.25, 0.3) is 11.1 Å². The van der Waals surface area contributed by atoms with Gasteiger partial charge in [-0.05, 0) is 36.2 Å². The Balaban J connectivity index is 1.71. The van der Waals surface area contributed by atoms with Gasteiger partial charge in [0, 0.05) is 24.7 Å². The number of oxazole rings is 1. The number of aryl methyl sites for hydroxylation is 1. The van der Waals surface area contributed by atoms with E-state index in [0.717, 1.165) is 5.56 Å². The summed E-state index contributed by atoms with van der Waals surface area (Å²) in [5.74, 6) is -1.18. The molecule has 0 aliphatic heterocycles. The second-order valence-corrected chi connectivity index (χ2v) is 5.83. The van der Waals surface area contributed by atoms with Crippen LogP contribution >= 0.6 is 0 Å². The number of nitrogens with zero attached hydrogens (tertiary/aromatic N) is 1. The molecule has 1 heterocycles. The highest BCUT2D eigenvalue weighted by Gasteiger charge is 2.15. The Hall–Kier alpha value is -2.89. The molecule has 0 fully saturated rings. The van der Waals surface area contributed by atoms with E-state index in [1.807, 2.05) is 0 Å². The Kier molecular flexibility index (Phi) is 4.20. The molecule has 5 nitrogen and oxygen atoms in total. The van der Waals surface area contributed by atoms with Crippen molar-refractivity contribution in [3.63, 3.8) is 0 Å². The van der Waals surface area contributed by atoms with Gasteiger partial charge in [-0.3, -0.25) is 9.36 Å². The van der Waals surface area contributed by atoms with Crippen molar-refractivity contribution in [1.29, 1.82) is 0 Å². The van der Waals surface area contributed by atoms with Crippen LogP contribution in [-0.2, 0) is 18.3 Å². The fourth-order valence-corrected chi connectivity index (χ4v) is 2.54. The van der Waals surface area contributed by atoms with Gasteiger partial charge < -0.3 is 9.73 Å². The van der Waals surface area contributed by atoms with E-state index in [4.69, 9.17) is 4.42 Å². The molecule has 3 rings (SSSR count). The van der Waals surface area contributed by atoms with Crippen LogP contribution in [0.5, 0.6) is 0 Å². The standard InChI is InChI=1S/C18H17FN2O3/c1-11(9-12-3-5-13(19)6-4-12)17(22)20-14-7-8-15-16(10-14)24-18(23)21(15)2/h3-8,10-11H,9H2,1-2H3,(H,20,22). The molecule has 0 aliphatic carbocycles. The van der Waals surface area contributed by atoms with Crippen LogP contribution < -0.4 is 11.1 Å². The van der Waals surface area contributed by atoms with Crippen LogP contribution in [0.15, 0.2) is 51.7 Å². The van der Waals surface area contributed by atoms with Crippen LogP contribution in [0.4, 0.5) is 10.1 Å². The van der Waals surface area contributed by atoms with Crippen molar-refractivity contribution in [2.75, 3.05) is 5.32 Å². The summed E-state index contributed by atoms with van der Waals surface area (Å²) in [6.45, 7) is 1.81. The second-order valence-electron chi connectivity index (χ2n) is 5.83. The van der Waals surface area contributed by atoms with Gasteiger partial charge in [-0.2, -0.15) is 0 Å². The highest BCUT2D eigenvalue weighted by Crippen LogP contribution is 2.19. The van der Waals surface area contributed by atoms with Gasteiger partial charge in [-0.1, -0.05) is 19.1 Å². The maximum atomic E-state index is 12.9. The molecule has 2 aromatic carbocycles. The van der Waals surface area contributed by atoms with Crippen molar-refractivity contribution in [3.8, 4) is 0 Å². The van der Waals surface area contributed by atoms with Gasteiger partial charge >= 0.3 is 5.76 Å². The monoisotopic (exact) mass is 328 g/mol. The van der Waals surface area contributed by atoms with Gasteiger partial charge in [0.25, 0.3) is 0 Å². The third-order valence-electron chi connectivity index (χ3n) is 3.96. The molecule has 3 aromatic rings. The summed E-state index contributed by atoms with van der Waals surface area (Å²) >= 11 is 0. The van der Waals surface area contributed by atoms with E-state index in [1.165, 1.54) is 16.7 Å². The molecule has 1 unspecified atom stereocenters. The van der Waals surface area contributed by atoms with E-state index in [-0.39, 0.29) is 17.6 Å². The Morgan fingerprint density at radius 3 is 2.67 bits per heavy atom. The lowest BCUT2D eigenvalue weighted by molar-refractivity contribution is -0.119. The molecule has 24 heavy (non-hydrogen) atoms. The fourth-order valence-electron chi connectivity index (χ4n) is 2.54. The Bertz CT molecular complexity index is 941. The lowest BCUT2D eigenvalue weighted by atomic mass is 10.0. The van der Waals surface area contributed by atoms with Crippen molar-refractivity contribution in [2.45, 2.75) is 13.3 Å². The summed E-state index contributed by atoms with van der Waals surface area (Å²) in [5, 5.41) is 2.81. The minimum absolute atomic E-state index is 0.156. The lowest BCUT2D eigenvalue weighted by Gasteiger charge is -2.12. The SMILES string of the molecule is CC(Cc1ccc(F)cc1)C(=O)Nc1ccc2c(c1)oc(=O)n2C. The lowest BCUT2D eigenvalue weighted by Crippen LogP contribution is -2.22. The molecule has 124 valence electrons. The zero-order valence-electron chi connectivity index (χ0n) is 13.4. The summed E-state index contributed by atoms with van der Waals surface area (Å²) < 4.78 is 19.4. The number of nitrogens with one attached hydrogen (secondary N) is 1. The minimum Gasteiger partial charge on any atom is -0.408 e. The molecule has 1 N–H and O–H groups in total. The van der Waals surface area contributed by atoms with Crippen molar-refractivity contribution < 1.29 is 13.6 Å². The molecular formula is C18H17FN2O3. The number of hydrogen-bond acceptors (Lipinski definition) is 3. The number of anilines is 1. The normalized spacial score (nSPS) is 12.3. The first kappa shape index (κ1) is 16.0. The van der Waals surface area contributed by atoms with Gasteiger partial charge in [0.05, 0.1) is 5.52 Å². The number of halogens is 1. The number of rotatable bonds is 4. The molecule has 0 spiro atoms. The summed E-state index contributed by atoms with van der Waals surface area (Å²) in [6.07, 6.45) is 0.509. The number of aromatic nitrogens is 1. The molecule has 1 amide bonds. The maximum Gasteiger partial charge on any atom is 0.419 e. The highest BCUT2D eigenvalue weighted by molar-refractivity contribution is 5.94. The number of benzene rings is 2. The van der Waals surface area contributed by atoms with Gasteiger partial charge in [0.15, 0.2) is 5.58 Å².